The molecule has 1 spiro atoms. The van der Waals surface area contributed by atoms with Gasteiger partial charge in [-0.15, -0.1) is 0 Å². The summed E-state index contributed by atoms with van der Waals surface area (Å²) in [6, 6.07) is 12.5. The minimum Gasteiger partial charge on any atom is -0.370 e. The Bertz CT molecular complexity index is 1420. The monoisotopic (exact) mass is 525 g/mol. The van der Waals surface area contributed by atoms with Gasteiger partial charge in [0.05, 0.1) is 36.4 Å². The van der Waals surface area contributed by atoms with Crippen LogP contribution in [0.1, 0.15) is 23.6 Å². The maximum absolute atomic E-state index is 9.54. The van der Waals surface area contributed by atoms with Gasteiger partial charge in [-0.2, -0.15) is 5.26 Å². The summed E-state index contributed by atoms with van der Waals surface area (Å²) in [6.45, 7) is 10.9. The highest BCUT2D eigenvalue weighted by Crippen LogP contribution is 2.34. The zero-order chi connectivity index (χ0) is 26.4. The molecule has 2 atom stereocenters. The number of nitrogens with one attached hydrogen (secondary N) is 1. The van der Waals surface area contributed by atoms with Crippen molar-refractivity contribution >= 4 is 22.4 Å². The van der Waals surface area contributed by atoms with Gasteiger partial charge in [-0.05, 0) is 61.3 Å². The fraction of sp³-hybridized carbons (Fsp3) is 0.500. The van der Waals surface area contributed by atoms with Gasteiger partial charge >= 0.3 is 0 Å². The Balaban J connectivity index is 1.01. The number of aromatic nitrogens is 2. The summed E-state index contributed by atoms with van der Waals surface area (Å²) in [5, 5.41) is 14.0. The van der Waals surface area contributed by atoms with Gasteiger partial charge in [-0.1, -0.05) is 0 Å². The molecule has 0 radical (unpaired) electrons. The molecule has 7 rings (SSSR count). The van der Waals surface area contributed by atoms with E-state index in [-0.39, 0.29) is 17.8 Å². The first-order valence-electron chi connectivity index (χ1n) is 14.1. The largest absolute Gasteiger partial charge is 0.370 e. The van der Waals surface area contributed by atoms with E-state index >= 15 is 0 Å². The van der Waals surface area contributed by atoms with Crippen LogP contribution in [0.5, 0.6) is 0 Å². The number of anilines is 2. The molecule has 0 aliphatic carbocycles. The van der Waals surface area contributed by atoms with Gasteiger partial charge in [-0.3, -0.25) is 9.88 Å². The number of hydrogen-bond acceptors (Lipinski definition) is 9. The second kappa shape index (κ2) is 10.0. The Labute approximate surface area is 229 Å². The quantitative estimate of drug-likeness (QED) is 0.551. The minimum absolute atomic E-state index is 0.1000. The van der Waals surface area contributed by atoms with Gasteiger partial charge in [0.2, 0.25) is 0 Å². The van der Waals surface area contributed by atoms with Crippen molar-refractivity contribution in [3.63, 3.8) is 0 Å². The molecule has 0 amide bonds. The number of benzene rings is 1. The Morgan fingerprint density at radius 1 is 1.13 bits per heavy atom. The Kier molecular flexibility index (Phi) is 6.36. The zero-order valence-electron chi connectivity index (χ0n) is 22.5. The molecule has 0 saturated carbocycles. The lowest BCUT2D eigenvalue weighted by Gasteiger charge is -2.55. The van der Waals surface area contributed by atoms with Gasteiger partial charge in [0, 0.05) is 69.3 Å². The number of rotatable bonds is 4. The second-order valence-electron chi connectivity index (χ2n) is 11.5. The van der Waals surface area contributed by atoms with Gasteiger partial charge in [0.25, 0.3) is 0 Å². The van der Waals surface area contributed by atoms with Crippen LogP contribution in [0.25, 0.3) is 10.9 Å². The smallest absolute Gasteiger partial charge is 0.128 e. The molecule has 9 heteroatoms. The zero-order valence-corrected chi connectivity index (χ0v) is 22.5. The lowest BCUT2D eigenvalue weighted by molar-refractivity contribution is -0.161. The summed E-state index contributed by atoms with van der Waals surface area (Å²) in [5.74, 6) is 1.07. The summed E-state index contributed by atoms with van der Waals surface area (Å²) in [4.78, 5) is 16.6. The van der Waals surface area contributed by atoms with Crippen LogP contribution in [0.4, 0.5) is 11.5 Å². The van der Waals surface area contributed by atoms with Crippen molar-refractivity contribution in [1.29, 1.82) is 5.26 Å². The predicted octanol–water partition coefficient (Wildman–Crippen LogP) is 2.33. The summed E-state index contributed by atoms with van der Waals surface area (Å²) >= 11 is 0. The topological polar surface area (TPSA) is 89.8 Å². The van der Waals surface area contributed by atoms with Crippen molar-refractivity contribution in [1.82, 2.24) is 20.2 Å². The van der Waals surface area contributed by atoms with Crippen molar-refractivity contribution in [3.8, 4) is 6.07 Å². The van der Waals surface area contributed by atoms with Crippen LogP contribution in [-0.4, -0.2) is 91.6 Å². The number of hydrogen-bond donors (Lipinski definition) is 1. The molecule has 3 fully saturated rings. The third kappa shape index (κ3) is 4.72. The predicted molar refractivity (Wildman–Crippen MR) is 150 cm³/mol. The van der Waals surface area contributed by atoms with Crippen LogP contribution >= 0.6 is 0 Å². The van der Waals surface area contributed by atoms with E-state index in [0.717, 1.165) is 94.3 Å². The third-order valence-electron chi connectivity index (χ3n) is 8.55. The minimum atomic E-state index is -0.136. The van der Waals surface area contributed by atoms with Crippen molar-refractivity contribution in [2.24, 2.45) is 0 Å². The van der Waals surface area contributed by atoms with Crippen molar-refractivity contribution < 1.29 is 9.47 Å². The maximum Gasteiger partial charge on any atom is 0.128 e. The first-order valence-corrected chi connectivity index (χ1v) is 14.1. The Morgan fingerprint density at radius 3 is 2.95 bits per heavy atom. The van der Waals surface area contributed by atoms with E-state index in [1.807, 2.05) is 12.1 Å². The standard InChI is InChI=1S/C30H35N7O2/c1-21-15-37(27-5-4-22(12-31)29-26(27)3-2-7-33-29)17-25(39-21)16-35-18-30(19-35)20-36(9-10-38-30)28-11-24-13-32-8-6-23(24)14-34-28/h2-5,7,11,14,21,25,32H,6,8-10,13,15-20H2,1H3/t21-,25+/m1/s1. The summed E-state index contributed by atoms with van der Waals surface area (Å²) in [5.41, 5.74) is 5.11. The number of nitrogens with zero attached hydrogens (tertiary/aromatic N) is 6. The number of fused-ring (bicyclic) bond motifs is 2. The second-order valence-corrected chi connectivity index (χ2v) is 11.5. The molecule has 6 heterocycles. The maximum atomic E-state index is 9.54. The molecule has 1 N–H and O–H groups in total. The van der Waals surface area contributed by atoms with E-state index in [0.29, 0.717) is 5.56 Å². The molecule has 1 aromatic carbocycles. The van der Waals surface area contributed by atoms with Crippen LogP contribution in [0.3, 0.4) is 0 Å². The van der Waals surface area contributed by atoms with Gasteiger partial charge in [0.15, 0.2) is 0 Å². The van der Waals surface area contributed by atoms with Crippen LogP contribution in [0.2, 0.25) is 0 Å². The van der Waals surface area contributed by atoms with Gasteiger partial charge in [0.1, 0.15) is 17.5 Å². The number of morpholine rings is 2. The molecular weight excluding hydrogens is 490 g/mol. The molecule has 4 aliphatic heterocycles. The van der Waals surface area contributed by atoms with Crippen LogP contribution < -0.4 is 15.1 Å². The number of likely N-dealkylation sites (tertiary alicyclic amines) is 1. The average Bonchev–Trinajstić information content (AvgIpc) is 2.95. The van der Waals surface area contributed by atoms with Crippen molar-refractivity contribution in [2.75, 3.05) is 68.8 Å². The first-order chi connectivity index (χ1) is 19.1. The summed E-state index contributed by atoms with van der Waals surface area (Å²) in [7, 11) is 0. The molecule has 4 aliphatic rings. The lowest BCUT2D eigenvalue weighted by atomic mass is 9.91. The molecule has 0 unspecified atom stereocenters. The van der Waals surface area contributed by atoms with E-state index in [9.17, 15) is 5.26 Å². The average molecular weight is 526 g/mol. The van der Waals surface area contributed by atoms with E-state index in [1.54, 1.807) is 6.20 Å². The first kappa shape index (κ1) is 24.7. The summed E-state index contributed by atoms with van der Waals surface area (Å²) < 4.78 is 12.8. The molecule has 202 valence electrons. The Morgan fingerprint density at radius 2 is 2.05 bits per heavy atom. The van der Waals surface area contributed by atoms with E-state index < -0.39 is 0 Å². The van der Waals surface area contributed by atoms with E-state index in [1.165, 1.54) is 11.1 Å². The number of nitriles is 1. The lowest BCUT2D eigenvalue weighted by Crippen LogP contribution is -2.71. The van der Waals surface area contributed by atoms with E-state index in [2.05, 4.69) is 62.4 Å². The highest BCUT2D eigenvalue weighted by atomic mass is 16.5. The molecular formula is C30H35N7O2. The SMILES string of the molecule is C[C@@H]1CN(c2ccc(C#N)c3ncccc23)C[C@H](CN2CC3(C2)CN(c2cc4c(cn2)CCNC4)CCO3)O1. The normalized spacial score (nSPS) is 24.8. The van der Waals surface area contributed by atoms with Gasteiger partial charge in [-0.25, -0.2) is 4.98 Å². The van der Waals surface area contributed by atoms with Crippen LogP contribution in [0, 0.1) is 11.3 Å². The van der Waals surface area contributed by atoms with Crippen molar-refractivity contribution in [2.45, 2.75) is 37.7 Å². The summed E-state index contributed by atoms with van der Waals surface area (Å²) in [6.07, 6.45) is 5.10. The highest BCUT2D eigenvalue weighted by molar-refractivity contribution is 5.95. The number of ether oxygens (including phenoxy) is 2. The highest BCUT2D eigenvalue weighted by Gasteiger charge is 2.48. The van der Waals surface area contributed by atoms with Crippen LogP contribution in [0.15, 0.2) is 42.7 Å². The molecule has 39 heavy (non-hydrogen) atoms. The van der Waals surface area contributed by atoms with Crippen molar-refractivity contribution in [3.05, 3.63) is 59.4 Å². The van der Waals surface area contributed by atoms with E-state index in [4.69, 9.17) is 14.5 Å². The fourth-order valence-electron chi connectivity index (χ4n) is 6.81. The van der Waals surface area contributed by atoms with Crippen LogP contribution in [-0.2, 0) is 22.4 Å². The van der Waals surface area contributed by atoms with Gasteiger partial charge < -0.3 is 24.6 Å². The molecule has 3 saturated heterocycles. The molecule has 3 aromatic rings. The third-order valence-corrected chi connectivity index (χ3v) is 8.55. The number of pyridine rings is 2. The molecule has 2 aromatic heterocycles. The fourth-order valence-corrected chi connectivity index (χ4v) is 6.81. The molecule has 9 nitrogen and oxygen atoms in total. The molecule has 0 bridgehead atoms. The Hall–Kier alpha value is -3.29.